The first-order chi connectivity index (χ1) is 8.79. The molecule has 1 aliphatic carbocycles. The lowest BCUT2D eigenvalue weighted by Crippen LogP contribution is -2.45. The van der Waals surface area contributed by atoms with E-state index in [4.69, 9.17) is 5.11 Å². The van der Waals surface area contributed by atoms with Gasteiger partial charge in [-0.2, -0.15) is 0 Å². The number of carboxylic acid groups (broad SMARTS) is 1. The molecule has 1 aliphatic rings. The van der Waals surface area contributed by atoms with Gasteiger partial charge < -0.3 is 10.4 Å². The van der Waals surface area contributed by atoms with Gasteiger partial charge in [0.2, 0.25) is 5.91 Å². The zero-order valence-corrected chi connectivity index (χ0v) is 12.5. The highest BCUT2D eigenvalue weighted by Crippen LogP contribution is 2.31. The van der Waals surface area contributed by atoms with Crippen LogP contribution in [0.4, 0.5) is 0 Å². The third kappa shape index (κ3) is 5.30. The zero-order chi connectivity index (χ0) is 14.6. The molecule has 1 amide bonds. The van der Waals surface area contributed by atoms with E-state index in [1.807, 2.05) is 0 Å². The number of carbonyl (C=O) groups is 2. The van der Waals surface area contributed by atoms with E-state index in [1.165, 1.54) is 6.92 Å². The summed E-state index contributed by atoms with van der Waals surface area (Å²) >= 11 is 0. The second-order valence-electron chi connectivity index (χ2n) is 5.68. The summed E-state index contributed by atoms with van der Waals surface area (Å²) in [6.45, 7) is 5.55. The molecular weight excluding hydrogens is 266 g/mol. The summed E-state index contributed by atoms with van der Waals surface area (Å²) in [5, 5.41) is 11.4. The number of carbonyl (C=O) groups excluding carboxylic acids is 1. The van der Waals surface area contributed by atoms with Gasteiger partial charge in [0.15, 0.2) is 0 Å². The first kappa shape index (κ1) is 16.1. The molecule has 0 aliphatic heterocycles. The predicted molar refractivity (Wildman–Crippen MR) is 74.2 cm³/mol. The van der Waals surface area contributed by atoms with Crippen molar-refractivity contribution < 1.29 is 18.9 Å². The molecule has 5 nitrogen and oxygen atoms in total. The Hall–Kier alpha value is -0.910. The molecule has 0 aromatic rings. The lowest BCUT2D eigenvalue weighted by atomic mass is 9.83. The van der Waals surface area contributed by atoms with E-state index < -0.39 is 28.7 Å². The maximum Gasteiger partial charge on any atom is 0.327 e. The van der Waals surface area contributed by atoms with Gasteiger partial charge in [-0.25, -0.2) is 4.79 Å². The van der Waals surface area contributed by atoms with E-state index in [-0.39, 0.29) is 11.0 Å². The molecule has 1 fully saturated rings. The molecule has 0 aromatic heterocycles. The van der Waals surface area contributed by atoms with Gasteiger partial charge in [0.05, 0.1) is 5.75 Å². The quantitative estimate of drug-likeness (QED) is 0.795. The van der Waals surface area contributed by atoms with Crippen LogP contribution in [0.2, 0.25) is 0 Å². The van der Waals surface area contributed by atoms with Crippen molar-refractivity contribution >= 4 is 22.7 Å². The molecule has 1 rings (SSSR count). The van der Waals surface area contributed by atoms with E-state index in [2.05, 4.69) is 19.2 Å². The van der Waals surface area contributed by atoms with E-state index >= 15 is 0 Å². The van der Waals surface area contributed by atoms with Gasteiger partial charge in [-0.1, -0.05) is 13.8 Å². The molecule has 0 saturated heterocycles. The van der Waals surface area contributed by atoms with Crippen LogP contribution in [0.3, 0.4) is 0 Å². The Bertz CT molecular complexity index is 362. The average Bonchev–Trinajstić information content (AvgIpc) is 2.25. The lowest BCUT2D eigenvalue weighted by molar-refractivity contribution is -0.140. The van der Waals surface area contributed by atoms with Crippen molar-refractivity contribution in [1.29, 1.82) is 0 Å². The summed E-state index contributed by atoms with van der Waals surface area (Å²) in [6, 6.07) is -1.05. The number of amides is 1. The summed E-state index contributed by atoms with van der Waals surface area (Å²) < 4.78 is 12.3. The monoisotopic (exact) mass is 289 g/mol. The van der Waals surface area contributed by atoms with Crippen molar-refractivity contribution in [2.75, 3.05) is 5.75 Å². The van der Waals surface area contributed by atoms with E-state index in [0.717, 1.165) is 19.3 Å². The Labute approximate surface area is 116 Å². The molecule has 110 valence electrons. The molecule has 0 aromatic carbocycles. The van der Waals surface area contributed by atoms with Gasteiger partial charge in [0.1, 0.15) is 6.04 Å². The molecule has 0 bridgehead atoms. The van der Waals surface area contributed by atoms with E-state index in [9.17, 15) is 13.8 Å². The molecule has 4 atom stereocenters. The van der Waals surface area contributed by atoms with Crippen LogP contribution in [0.15, 0.2) is 0 Å². The van der Waals surface area contributed by atoms with Gasteiger partial charge in [-0.05, 0) is 31.1 Å². The Kier molecular flexibility index (Phi) is 5.97. The Morgan fingerprint density at radius 3 is 2.21 bits per heavy atom. The number of aliphatic carboxylic acids is 1. The smallest absolute Gasteiger partial charge is 0.327 e. The Morgan fingerprint density at radius 1 is 1.26 bits per heavy atom. The minimum Gasteiger partial charge on any atom is -0.480 e. The minimum atomic E-state index is -1.21. The van der Waals surface area contributed by atoms with Crippen LogP contribution in [-0.2, 0) is 20.4 Å². The van der Waals surface area contributed by atoms with E-state index in [1.54, 1.807) is 0 Å². The number of nitrogens with one attached hydrogen (secondary N) is 1. The fourth-order valence-corrected chi connectivity index (χ4v) is 4.72. The number of rotatable bonds is 5. The fourth-order valence-electron chi connectivity index (χ4n) is 2.81. The predicted octanol–water partition coefficient (Wildman–Crippen LogP) is 1.15. The van der Waals surface area contributed by atoms with Crippen LogP contribution in [-0.4, -0.2) is 38.2 Å². The van der Waals surface area contributed by atoms with Gasteiger partial charge in [0.25, 0.3) is 0 Å². The van der Waals surface area contributed by atoms with Crippen molar-refractivity contribution in [2.24, 2.45) is 11.8 Å². The Morgan fingerprint density at radius 2 is 1.79 bits per heavy atom. The standard InChI is InChI=1S/C13H23NO4S/c1-8-4-9(2)6-11(5-8)19(18)7-12(13(16)17)14-10(3)15/h8-9,11-12H,4-7H2,1-3H3,(H,14,15)(H,16,17)/t8?,9?,11?,12-,19?/m0/s1. The summed E-state index contributed by atoms with van der Waals surface area (Å²) in [7, 11) is -1.21. The number of carboxylic acids is 1. The largest absolute Gasteiger partial charge is 0.480 e. The normalized spacial score (nSPS) is 30.4. The number of hydrogen-bond donors (Lipinski definition) is 2. The summed E-state index contributed by atoms with van der Waals surface area (Å²) in [5.41, 5.74) is 0. The first-order valence-corrected chi connectivity index (χ1v) is 8.04. The second kappa shape index (κ2) is 7.03. The van der Waals surface area contributed by atoms with Gasteiger partial charge >= 0.3 is 5.97 Å². The second-order valence-corrected chi connectivity index (χ2v) is 7.44. The molecule has 3 unspecified atom stereocenters. The van der Waals surface area contributed by atoms with Gasteiger partial charge in [-0.15, -0.1) is 0 Å². The van der Waals surface area contributed by atoms with Crippen LogP contribution in [0.5, 0.6) is 0 Å². The van der Waals surface area contributed by atoms with Gasteiger partial charge in [0, 0.05) is 23.0 Å². The topological polar surface area (TPSA) is 83.5 Å². The molecule has 2 N–H and O–H groups in total. The summed E-state index contributed by atoms with van der Waals surface area (Å²) in [5.74, 6) is -0.474. The van der Waals surface area contributed by atoms with Crippen molar-refractivity contribution in [1.82, 2.24) is 5.32 Å². The fraction of sp³-hybridized carbons (Fsp3) is 0.846. The molecule has 19 heavy (non-hydrogen) atoms. The highest BCUT2D eigenvalue weighted by molar-refractivity contribution is 7.85. The number of hydrogen-bond acceptors (Lipinski definition) is 3. The van der Waals surface area contributed by atoms with Crippen molar-refractivity contribution in [3.63, 3.8) is 0 Å². The van der Waals surface area contributed by atoms with Crippen molar-refractivity contribution in [3.05, 3.63) is 0 Å². The molecule has 6 heteroatoms. The highest BCUT2D eigenvalue weighted by Gasteiger charge is 2.31. The molecule has 0 heterocycles. The third-order valence-electron chi connectivity index (χ3n) is 3.51. The van der Waals surface area contributed by atoms with Crippen molar-refractivity contribution in [2.45, 2.75) is 51.3 Å². The Balaban J connectivity index is 2.61. The van der Waals surface area contributed by atoms with Crippen molar-refractivity contribution in [3.8, 4) is 0 Å². The third-order valence-corrected chi connectivity index (χ3v) is 5.30. The van der Waals surface area contributed by atoms with Crippen LogP contribution in [0.25, 0.3) is 0 Å². The van der Waals surface area contributed by atoms with Crippen LogP contribution in [0.1, 0.15) is 40.0 Å². The summed E-state index contributed by atoms with van der Waals surface area (Å²) in [4.78, 5) is 22.0. The van der Waals surface area contributed by atoms with Crippen LogP contribution >= 0.6 is 0 Å². The SMILES string of the molecule is CC(=O)N[C@@H](CS(=O)C1CC(C)CC(C)C1)C(=O)O. The van der Waals surface area contributed by atoms with Gasteiger partial charge in [-0.3, -0.25) is 9.00 Å². The lowest BCUT2D eigenvalue weighted by Gasteiger charge is -2.31. The summed E-state index contributed by atoms with van der Waals surface area (Å²) in [6.07, 6.45) is 2.90. The average molecular weight is 289 g/mol. The molecule has 0 radical (unpaired) electrons. The first-order valence-electron chi connectivity index (χ1n) is 6.66. The molecule has 1 saturated carbocycles. The minimum absolute atomic E-state index is 0.000972. The zero-order valence-electron chi connectivity index (χ0n) is 11.7. The van der Waals surface area contributed by atoms with Crippen LogP contribution in [0, 0.1) is 11.8 Å². The molecular formula is C13H23NO4S. The molecule has 0 spiro atoms. The highest BCUT2D eigenvalue weighted by atomic mass is 32.2. The van der Waals surface area contributed by atoms with E-state index in [0.29, 0.717) is 11.8 Å². The maximum absolute atomic E-state index is 12.3. The van der Waals surface area contributed by atoms with Crippen LogP contribution < -0.4 is 5.32 Å². The maximum atomic E-state index is 12.3.